The predicted molar refractivity (Wildman–Crippen MR) is 127 cm³/mol. The zero-order valence-corrected chi connectivity index (χ0v) is 18.9. The van der Waals surface area contributed by atoms with Crippen LogP contribution in [0, 0.1) is 18.6 Å². The lowest BCUT2D eigenvalue weighted by Crippen LogP contribution is -2.09. The minimum absolute atomic E-state index is 0.154. The number of furan rings is 1. The highest BCUT2D eigenvalue weighted by atomic mass is 35.5. The zero-order valence-electron chi connectivity index (χ0n) is 18.1. The molecule has 0 fully saturated rings. The lowest BCUT2D eigenvalue weighted by molar-refractivity contribution is -0.111. The summed E-state index contributed by atoms with van der Waals surface area (Å²) in [6.45, 7) is 3.66. The second kappa shape index (κ2) is 9.08. The van der Waals surface area contributed by atoms with Gasteiger partial charge in [-0.15, -0.1) is 0 Å². The Morgan fingerprint density at radius 1 is 1.09 bits per heavy atom. The van der Waals surface area contributed by atoms with Crippen LogP contribution in [0.4, 0.5) is 14.5 Å². The average Bonchev–Trinajstić information content (AvgIpc) is 3.21. The van der Waals surface area contributed by atoms with Crippen LogP contribution in [0.25, 0.3) is 27.7 Å². The van der Waals surface area contributed by atoms with Crippen molar-refractivity contribution in [1.29, 1.82) is 0 Å². The van der Waals surface area contributed by atoms with Crippen molar-refractivity contribution in [2.45, 2.75) is 13.8 Å². The van der Waals surface area contributed by atoms with Crippen LogP contribution in [0.15, 0.2) is 65.3 Å². The van der Waals surface area contributed by atoms with Crippen LogP contribution in [0.5, 0.6) is 5.75 Å². The summed E-state index contributed by atoms with van der Waals surface area (Å²) in [5, 5.41) is 4.04. The quantitative estimate of drug-likeness (QED) is 0.311. The summed E-state index contributed by atoms with van der Waals surface area (Å²) in [5.74, 6) is -1.92. The van der Waals surface area contributed by atoms with Gasteiger partial charge in [-0.3, -0.25) is 4.79 Å². The molecular weight excluding hydrogens is 448 g/mol. The maximum atomic E-state index is 13.4. The first kappa shape index (κ1) is 22.6. The van der Waals surface area contributed by atoms with Crippen molar-refractivity contribution in [1.82, 2.24) is 0 Å². The Hall–Kier alpha value is -3.64. The van der Waals surface area contributed by atoms with Crippen LogP contribution in [-0.2, 0) is 4.79 Å². The number of ether oxygens (including phenoxy) is 1. The molecule has 33 heavy (non-hydrogen) atoms. The maximum absolute atomic E-state index is 13.4. The second-order valence-corrected chi connectivity index (χ2v) is 8.00. The van der Waals surface area contributed by atoms with Gasteiger partial charge in [-0.25, -0.2) is 8.78 Å². The largest absolute Gasteiger partial charge is 0.496 e. The molecule has 4 rings (SSSR count). The molecule has 0 aliphatic rings. The summed E-state index contributed by atoms with van der Waals surface area (Å²) < 4.78 is 38.0. The molecule has 0 saturated carbocycles. The number of halogens is 3. The molecule has 0 aliphatic heterocycles. The van der Waals surface area contributed by atoms with Gasteiger partial charge in [0.2, 0.25) is 5.91 Å². The molecule has 0 unspecified atom stereocenters. The third-order valence-electron chi connectivity index (χ3n) is 5.36. The van der Waals surface area contributed by atoms with Crippen molar-refractivity contribution in [3.63, 3.8) is 0 Å². The van der Waals surface area contributed by atoms with Crippen LogP contribution >= 0.6 is 11.6 Å². The molecule has 0 aliphatic carbocycles. The second-order valence-electron chi connectivity index (χ2n) is 7.56. The molecule has 0 saturated heterocycles. The van der Waals surface area contributed by atoms with Crippen molar-refractivity contribution in [2.24, 2.45) is 0 Å². The van der Waals surface area contributed by atoms with E-state index >= 15 is 0 Å². The Kier molecular flexibility index (Phi) is 6.20. The Labute approximate surface area is 194 Å². The number of rotatable bonds is 5. The number of fused-ring (bicyclic) bond motifs is 1. The fraction of sp³-hybridized carbons (Fsp3) is 0.115. The number of hydrogen-bond donors (Lipinski definition) is 1. The number of hydrogen-bond acceptors (Lipinski definition) is 3. The van der Waals surface area contributed by atoms with Gasteiger partial charge in [-0.2, -0.15) is 0 Å². The van der Waals surface area contributed by atoms with Gasteiger partial charge in [0.05, 0.1) is 13.4 Å². The molecule has 1 N–H and O–H groups in total. The number of carbonyl (C=O) groups excluding carboxylic acids is 1. The third kappa shape index (κ3) is 4.47. The molecule has 0 atom stereocenters. The predicted octanol–water partition coefficient (Wildman–Crippen LogP) is 7.39. The molecule has 0 spiro atoms. The highest BCUT2D eigenvalue weighted by Crippen LogP contribution is 2.40. The third-order valence-corrected chi connectivity index (χ3v) is 5.61. The van der Waals surface area contributed by atoms with Crippen molar-refractivity contribution in [2.75, 3.05) is 12.4 Å². The Morgan fingerprint density at radius 2 is 1.82 bits per heavy atom. The Morgan fingerprint density at radius 3 is 2.48 bits per heavy atom. The number of allylic oxidation sites excluding steroid dienone is 1. The van der Waals surface area contributed by atoms with E-state index in [2.05, 4.69) is 5.32 Å². The number of anilines is 1. The van der Waals surface area contributed by atoms with Gasteiger partial charge in [0.15, 0.2) is 11.6 Å². The van der Waals surface area contributed by atoms with Crippen molar-refractivity contribution in [3.05, 3.63) is 88.7 Å². The lowest BCUT2D eigenvalue weighted by Gasteiger charge is -2.13. The lowest BCUT2D eigenvalue weighted by atomic mass is 9.96. The fourth-order valence-electron chi connectivity index (χ4n) is 3.75. The van der Waals surface area contributed by atoms with Crippen LogP contribution in [-0.4, -0.2) is 13.0 Å². The molecule has 0 radical (unpaired) electrons. The van der Waals surface area contributed by atoms with E-state index in [4.69, 9.17) is 20.8 Å². The maximum Gasteiger partial charge on any atom is 0.248 e. The van der Waals surface area contributed by atoms with E-state index in [-0.39, 0.29) is 5.69 Å². The van der Waals surface area contributed by atoms with E-state index in [0.717, 1.165) is 34.2 Å². The molecule has 168 valence electrons. The minimum atomic E-state index is -1.04. The van der Waals surface area contributed by atoms with Crippen molar-refractivity contribution in [3.8, 4) is 16.9 Å². The Bertz CT molecular complexity index is 1390. The molecule has 4 aromatic rings. The van der Waals surface area contributed by atoms with E-state index in [0.29, 0.717) is 27.5 Å². The zero-order chi connectivity index (χ0) is 23.7. The molecule has 0 bridgehead atoms. The van der Waals surface area contributed by atoms with Crippen LogP contribution in [0.2, 0.25) is 5.02 Å². The van der Waals surface area contributed by atoms with Crippen molar-refractivity contribution < 1.29 is 22.7 Å². The molecule has 1 amide bonds. The first-order valence-corrected chi connectivity index (χ1v) is 10.5. The number of benzene rings is 3. The van der Waals surface area contributed by atoms with E-state index in [1.807, 2.05) is 25.1 Å². The van der Waals surface area contributed by atoms with Gasteiger partial charge in [-0.05, 0) is 55.3 Å². The molecule has 3 aromatic carbocycles. The molecule has 4 nitrogen and oxygen atoms in total. The monoisotopic (exact) mass is 467 g/mol. The standard InChI is InChI=1S/C26H20ClF2NO3/c1-14(10-24(31)30-18-8-9-22(28)23(29)11-18)19-12-20-21(16-4-6-17(27)7-5-16)13-33-26(20)15(2)25(19)32-3/h4-13H,1-3H3,(H,30,31)/b14-10+. The normalized spacial score (nSPS) is 11.6. The highest BCUT2D eigenvalue weighted by Gasteiger charge is 2.19. The van der Waals surface area contributed by atoms with E-state index in [9.17, 15) is 13.6 Å². The summed E-state index contributed by atoms with van der Waals surface area (Å²) in [6, 6.07) is 12.5. The fourth-order valence-corrected chi connectivity index (χ4v) is 3.88. The van der Waals surface area contributed by atoms with Gasteiger partial charge >= 0.3 is 0 Å². The van der Waals surface area contributed by atoms with Gasteiger partial charge in [0.1, 0.15) is 11.3 Å². The van der Waals surface area contributed by atoms with Crippen molar-refractivity contribution >= 4 is 39.7 Å². The summed E-state index contributed by atoms with van der Waals surface area (Å²) >= 11 is 6.02. The van der Waals surface area contributed by atoms with Gasteiger partial charge in [0.25, 0.3) is 0 Å². The summed E-state index contributed by atoms with van der Waals surface area (Å²) in [4.78, 5) is 12.5. The van der Waals surface area contributed by atoms with Crippen LogP contribution in [0.1, 0.15) is 18.1 Å². The summed E-state index contributed by atoms with van der Waals surface area (Å²) in [7, 11) is 1.55. The topological polar surface area (TPSA) is 51.5 Å². The van der Waals surface area contributed by atoms with Gasteiger partial charge in [0, 0.05) is 44.9 Å². The first-order valence-electron chi connectivity index (χ1n) is 10.1. The van der Waals surface area contributed by atoms with Gasteiger partial charge in [-0.1, -0.05) is 23.7 Å². The summed E-state index contributed by atoms with van der Waals surface area (Å²) in [6.07, 6.45) is 3.06. The van der Waals surface area contributed by atoms with Gasteiger partial charge < -0.3 is 14.5 Å². The molecule has 7 heteroatoms. The number of aryl methyl sites for hydroxylation is 1. The summed E-state index contributed by atoms with van der Waals surface area (Å²) in [5.41, 5.74) is 4.78. The molecular formula is C26H20ClF2NO3. The number of methoxy groups -OCH3 is 1. The molecule has 1 heterocycles. The average molecular weight is 468 g/mol. The van der Waals surface area contributed by atoms with Crippen LogP contribution < -0.4 is 10.1 Å². The number of amides is 1. The minimum Gasteiger partial charge on any atom is -0.496 e. The number of carbonyl (C=O) groups is 1. The van der Waals surface area contributed by atoms with Crippen LogP contribution in [0.3, 0.4) is 0 Å². The van der Waals surface area contributed by atoms with E-state index in [1.54, 1.807) is 32.4 Å². The SMILES string of the molecule is COc1c(/C(C)=C/C(=O)Nc2ccc(F)c(F)c2)cc2c(-c3ccc(Cl)cc3)coc2c1C. The number of nitrogens with one attached hydrogen (secondary N) is 1. The van der Waals surface area contributed by atoms with E-state index < -0.39 is 17.5 Å². The molecule has 1 aromatic heterocycles. The van der Waals surface area contributed by atoms with E-state index in [1.165, 1.54) is 12.1 Å². The smallest absolute Gasteiger partial charge is 0.248 e. The highest BCUT2D eigenvalue weighted by molar-refractivity contribution is 6.30. The Balaban J connectivity index is 1.74. The first-order chi connectivity index (χ1) is 15.8.